The van der Waals surface area contributed by atoms with Gasteiger partial charge in [0.15, 0.2) is 10.7 Å². The van der Waals surface area contributed by atoms with Crippen LogP contribution in [0.5, 0.6) is 11.8 Å². The van der Waals surface area contributed by atoms with Crippen molar-refractivity contribution in [2.45, 2.75) is 12.8 Å². The van der Waals surface area contributed by atoms with E-state index in [-0.39, 0.29) is 17.3 Å². The molecule has 1 aliphatic rings. The number of ether oxygens (including phenoxy) is 2. The molecule has 1 saturated carbocycles. The summed E-state index contributed by atoms with van der Waals surface area (Å²) in [4.78, 5) is 24.7. The standard InChI is InChI=1S/C15H16N4O3S/c1-21-13-11(14(22-2)17-8-16-13)12(20)19-15-18-10(7-23-15)6-5-9-3-4-9/h5-9H,3-4H2,1-2H3,(H,18,19,20)/b6-5+. The second-order valence-corrected chi connectivity index (χ2v) is 5.85. The van der Waals surface area contributed by atoms with Gasteiger partial charge in [-0.1, -0.05) is 6.08 Å². The molecule has 2 heterocycles. The summed E-state index contributed by atoms with van der Waals surface area (Å²) < 4.78 is 10.2. The molecule has 0 unspecified atom stereocenters. The van der Waals surface area contributed by atoms with Crippen molar-refractivity contribution >= 4 is 28.5 Å². The van der Waals surface area contributed by atoms with Crippen LogP contribution in [0.2, 0.25) is 0 Å². The lowest BCUT2D eigenvalue weighted by molar-refractivity contribution is 0.101. The van der Waals surface area contributed by atoms with Gasteiger partial charge < -0.3 is 9.47 Å². The van der Waals surface area contributed by atoms with Crippen LogP contribution in [-0.4, -0.2) is 35.1 Å². The van der Waals surface area contributed by atoms with Gasteiger partial charge in [-0.3, -0.25) is 10.1 Å². The molecule has 0 bridgehead atoms. The van der Waals surface area contributed by atoms with E-state index in [1.807, 2.05) is 11.5 Å². The van der Waals surface area contributed by atoms with E-state index >= 15 is 0 Å². The minimum absolute atomic E-state index is 0.141. The van der Waals surface area contributed by atoms with Crippen LogP contribution in [0.3, 0.4) is 0 Å². The van der Waals surface area contributed by atoms with E-state index in [0.29, 0.717) is 11.0 Å². The first-order chi connectivity index (χ1) is 11.2. The van der Waals surface area contributed by atoms with Gasteiger partial charge in [0.05, 0.1) is 19.9 Å². The Labute approximate surface area is 137 Å². The molecule has 2 aromatic rings. The number of methoxy groups -OCH3 is 2. The topological polar surface area (TPSA) is 86.2 Å². The van der Waals surface area contributed by atoms with Crippen LogP contribution < -0.4 is 14.8 Å². The Hall–Kier alpha value is -2.48. The first kappa shape index (κ1) is 15.4. The van der Waals surface area contributed by atoms with E-state index in [4.69, 9.17) is 9.47 Å². The molecule has 120 valence electrons. The van der Waals surface area contributed by atoms with Gasteiger partial charge in [0.1, 0.15) is 6.33 Å². The summed E-state index contributed by atoms with van der Waals surface area (Å²) in [6, 6.07) is 0. The molecular formula is C15H16N4O3S. The Kier molecular flexibility index (Phi) is 4.52. The van der Waals surface area contributed by atoms with Crippen molar-refractivity contribution in [1.82, 2.24) is 15.0 Å². The Morgan fingerprint density at radius 1 is 1.30 bits per heavy atom. The van der Waals surface area contributed by atoms with Crippen LogP contribution in [0.4, 0.5) is 5.13 Å². The quantitative estimate of drug-likeness (QED) is 0.875. The zero-order valence-electron chi connectivity index (χ0n) is 12.8. The number of nitrogens with zero attached hydrogens (tertiary/aromatic N) is 3. The number of anilines is 1. The summed E-state index contributed by atoms with van der Waals surface area (Å²) in [7, 11) is 2.87. The van der Waals surface area contributed by atoms with Gasteiger partial charge in [-0.25, -0.2) is 15.0 Å². The molecule has 1 amide bonds. The maximum atomic E-state index is 12.5. The first-order valence-electron chi connectivity index (χ1n) is 7.09. The molecule has 1 fully saturated rings. The van der Waals surface area contributed by atoms with Crippen LogP contribution in [0, 0.1) is 5.92 Å². The number of rotatable bonds is 6. The van der Waals surface area contributed by atoms with Gasteiger partial charge in [0.2, 0.25) is 11.8 Å². The second-order valence-electron chi connectivity index (χ2n) is 5.00. The number of hydrogen-bond donors (Lipinski definition) is 1. The lowest BCUT2D eigenvalue weighted by atomic mass is 10.3. The Balaban J connectivity index is 1.76. The summed E-state index contributed by atoms with van der Waals surface area (Å²) in [5.41, 5.74) is 0.975. The van der Waals surface area contributed by atoms with E-state index in [2.05, 4.69) is 26.3 Å². The van der Waals surface area contributed by atoms with Crippen molar-refractivity contribution in [1.29, 1.82) is 0 Å². The highest BCUT2D eigenvalue weighted by atomic mass is 32.1. The third-order valence-corrected chi connectivity index (χ3v) is 4.07. The minimum Gasteiger partial charge on any atom is -0.480 e. The molecular weight excluding hydrogens is 316 g/mol. The fourth-order valence-electron chi connectivity index (χ4n) is 1.96. The number of aromatic nitrogens is 3. The van der Waals surface area contributed by atoms with Crippen molar-refractivity contribution in [3.8, 4) is 11.8 Å². The summed E-state index contributed by atoms with van der Waals surface area (Å²) >= 11 is 1.35. The van der Waals surface area contributed by atoms with Crippen LogP contribution >= 0.6 is 11.3 Å². The maximum absolute atomic E-state index is 12.5. The van der Waals surface area contributed by atoms with E-state index in [1.54, 1.807) is 0 Å². The van der Waals surface area contributed by atoms with Crippen LogP contribution in [0.25, 0.3) is 6.08 Å². The third-order valence-electron chi connectivity index (χ3n) is 3.30. The number of carbonyl (C=O) groups excluding carboxylic acids is 1. The lowest BCUT2D eigenvalue weighted by Crippen LogP contribution is -2.16. The van der Waals surface area contributed by atoms with E-state index in [0.717, 1.165) is 5.69 Å². The number of hydrogen-bond acceptors (Lipinski definition) is 7. The molecule has 0 aromatic carbocycles. The minimum atomic E-state index is -0.425. The maximum Gasteiger partial charge on any atom is 0.268 e. The van der Waals surface area contributed by atoms with E-state index in [1.165, 1.54) is 44.7 Å². The van der Waals surface area contributed by atoms with Crippen LogP contribution in [0.15, 0.2) is 17.8 Å². The highest BCUT2D eigenvalue weighted by Gasteiger charge is 2.22. The van der Waals surface area contributed by atoms with Gasteiger partial charge >= 0.3 is 0 Å². The summed E-state index contributed by atoms with van der Waals surface area (Å²) in [6.45, 7) is 0. The van der Waals surface area contributed by atoms with Crippen LogP contribution in [0.1, 0.15) is 28.9 Å². The number of amides is 1. The lowest BCUT2D eigenvalue weighted by Gasteiger charge is -2.09. The normalized spacial score (nSPS) is 14.0. The van der Waals surface area contributed by atoms with Crippen LogP contribution in [-0.2, 0) is 0 Å². The number of thiazole rings is 1. The van der Waals surface area contributed by atoms with E-state index in [9.17, 15) is 4.79 Å². The fraction of sp³-hybridized carbons (Fsp3) is 0.333. The highest BCUT2D eigenvalue weighted by molar-refractivity contribution is 7.14. The smallest absolute Gasteiger partial charge is 0.268 e. The summed E-state index contributed by atoms with van der Waals surface area (Å²) in [6.07, 6.45) is 7.91. The van der Waals surface area contributed by atoms with Crippen molar-refractivity contribution in [3.05, 3.63) is 29.0 Å². The largest absolute Gasteiger partial charge is 0.480 e. The SMILES string of the molecule is COc1ncnc(OC)c1C(=O)Nc1nc(/C=C/C2CC2)cs1. The Bertz CT molecular complexity index is 718. The first-order valence-corrected chi connectivity index (χ1v) is 7.97. The molecule has 23 heavy (non-hydrogen) atoms. The highest BCUT2D eigenvalue weighted by Crippen LogP contribution is 2.31. The molecule has 2 aromatic heterocycles. The molecule has 7 nitrogen and oxygen atoms in total. The van der Waals surface area contributed by atoms with Crippen molar-refractivity contribution < 1.29 is 14.3 Å². The number of allylic oxidation sites excluding steroid dienone is 1. The third kappa shape index (κ3) is 3.65. The molecule has 0 atom stereocenters. The van der Waals surface area contributed by atoms with Gasteiger partial charge in [-0.05, 0) is 24.8 Å². The average molecular weight is 332 g/mol. The summed E-state index contributed by atoms with van der Waals surface area (Å²) in [5.74, 6) is 0.565. The van der Waals surface area contributed by atoms with Crippen molar-refractivity contribution in [2.75, 3.05) is 19.5 Å². The molecule has 8 heteroatoms. The van der Waals surface area contributed by atoms with Crippen molar-refractivity contribution in [2.24, 2.45) is 5.92 Å². The fourth-order valence-corrected chi connectivity index (χ4v) is 2.63. The molecule has 0 spiro atoms. The van der Waals surface area contributed by atoms with Gasteiger partial charge in [-0.2, -0.15) is 0 Å². The molecule has 1 N–H and O–H groups in total. The zero-order valence-corrected chi connectivity index (χ0v) is 13.6. The molecule has 1 aliphatic carbocycles. The Morgan fingerprint density at radius 3 is 2.61 bits per heavy atom. The van der Waals surface area contributed by atoms with Gasteiger partial charge in [-0.15, -0.1) is 11.3 Å². The monoisotopic (exact) mass is 332 g/mol. The average Bonchev–Trinajstić information content (AvgIpc) is 3.31. The number of carbonyl (C=O) groups is 1. The second kappa shape index (κ2) is 6.74. The van der Waals surface area contributed by atoms with Gasteiger partial charge in [0, 0.05) is 5.38 Å². The predicted octanol–water partition coefficient (Wildman–Crippen LogP) is 2.63. The molecule has 3 rings (SSSR count). The zero-order chi connectivity index (χ0) is 16.2. The molecule has 0 saturated heterocycles. The Morgan fingerprint density at radius 2 is 2.00 bits per heavy atom. The summed E-state index contributed by atoms with van der Waals surface area (Å²) in [5, 5.41) is 5.12. The van der Waals surface area contributed by atoms with Crippen molar-refractivity contribution in [3.63, 3.8) is 0 Å². The molecule has 0 aliphatic heterocycles. The predicted molar refractivity (Wildman–Crippen MR) is 87.0 cm³/mol. The van der Waals surface area contributed by atoms with Gasteiger partial charge in [0.25, 0.3) is 5.91 Å². The molecule has 0 radical (unpaired) electrons. The number of nitrogens with one attached hydrogen (secondary N) is 1. The van der Waals surface area contributed by atoms with E-state index < -0.39 is 5.91 Å².